The van der Waals surface area contributed by atoms with Crippen molar-refractivity contribution in [2.45, 2.75) is 82.1 Å². The summed E-state index contributed by atoms with van der Waals surface area (Å²) in [5, 5.41) is 26.1. The van der Waals surface area contributed by atoms with Crippen LogP contribution in [0.15, 0.2) is 107 Å². The molecular formula is C65H57F13N8O10. The summed E-state index contributed by atoms with van der Waals surface area (Å²) in [4.78, 5) is 80.2. The van der Waals surface area contributed by atoms with Crippen molar-refractivity contribution in [3.63, 3.8) is 0 Å². The number of esters is 1. The second kappa shape index (κ2) is 27.3. The fourth-order valence-electron chi connectivity index (χ4n) is 11.9. The summed E-state index contributed by atoms with van der Waals surface area (Å²) < 4.78 is 208. The minimum Gasteiger partial charge on any atom is -0.464 e. The summed E-state index contributed by atoms with van der Waals surface area (Å²) in [6.45, 7) is -0.681. The number of halogens is 13. The molecule has 96 heavy (non-hydrogen) atoms. The summed E-state index contributed by atoms with van der Waals surface area (Å²) >= 11 is 0. The minimum atomic E-state index is -5.03. The van der Waals surface area contributed by atoms with Crippen LogP contribution in [0.1, 0.15) is 54.5 Å². The van der Waals surface area contributed by atoms with Crippen molar-refractivity contribution in [3.05, 3.63) is 186 Å². The largest absolute Gasteiger partial charge is 0.464 e. The van der Waals surface area contributed by atoms with Gasteiger partial charge in [-0.15, -0.1) is 0 Å². The van der Waals surface area contributed by atoms with Crippen LogP contribution in [0.25, 0.3) is 44.1 Å². The third kappa shape index (κ3) is 14.1. The van der Waals surface area contributed by atoms with E-state index >= 15 is 17.6 Å². The zero-order chi connectivity index (χ0) is 69.6. The lowest BCUT2D eigenvalue weighted by atomic mass is 9.93. The summed E-state index contributed by atoms with van der Waals surface area (Å²) in [7, 11) is 2.64. The van der Waals surface area contributed by atoms with E-state index in [4.69, 9.17) is 14.2 Å². The van der Waals surface area contributed by atoms with Crippen molar-refractivity contribution < 1.29 is 95.9 Å². The van der Waals surface area contributed by atoms with Gasteiger partial charge in [0.25, 0.3) is 22.9 Å². The number of aryl methyl sites for hydroxylation is 2. The first-order valence-corrected chi connectivity index (χ1v) is 29.4. The smallest absolute Gasteiger partial charge is 0.417 e. The Hall–Kier alpha value is -9.46. The van der Waals surface area contributed by atoms with Gasteiger partial charge in [0.1, 0.15) is 58.2 Å². The maximum atomic E-state index is 16.0. The molecule has 0 unspecified atom stereocenters. The third-order valence-corrected chi connectivity index (χ3v) is 16.9. The lowest BCUT2D eigenvalue weighted by Crippen LogP contribution is -2.53. The van der Waals surface area contributed by atoms with Gasteiger partial charge < -0.3 is 54.0 Å². The van der Waals surface area contributed by atoms with E-state index in [-0.39, 0.29) is 76.5 Å². The van der Waals surface area contributed by atoms with Gasteiger partial charge in [-0.2, -0.15) is 39.5 Å². The number of anilines is 2. The van der Waals surface area contributed by atoms with E-state index in [0.29, 0.717) is 50.4 Å². The van der Waals surface area contributed by atoms with E-state index < -0.39 is 174 Å². The van der Waals surface area contributed by atoms with Gasteiger partial charge in [0.15, 0.2) is 6.29 Å². The van der Waals surface area contributed by atoms with Crippen LogP contribution in [0, 0.1) is 37.1 Å². The molecule has 508 valence electrons. The van der Waals surface area contributed by atoms with Crippen LogP contribution in [-0.2, 0) is 58.5 Å². The summed E-state index contributed by atoms with van der Waals surface area (Å²) in [6.07, 6.45) is -17.2. The molecule has 2 saturated heterocycles. The molecule has 0 radical (unpaired) electrons. The molecule has 0 aliphatic carbocycles. The highest BCUT2D eigenvalue weighted by Gasteiger charge is 2.48. The van der Waals surface area contributed by atoms with Gasteiger partial charge in [0, 0.05) is 85.5 Å². The second-order valence-corrected chi connectivity index (χ2v) is 22.8. The average molecular weight is 1360 g/mol. The molecule has 5 heterocycles. The fraction of sp³-hybridized carbons (Fsp3) is 0.338. The highest BCUT2D eigenvalue weighted by atomic mass is 19.4. The quantitative estimate of drug-likeness (QED) is 0.0380. The molecule has 0 bridgehead atoms. The van der Waals surface area contributed by atoms with Crippen LogP contribution < -0.4 is 31.6 Å². The van der Waals surface area contributed by atoms with Crippen molar-refractivity contribution in [2.24, 2.45) is 14.1 Å². The molecule has 4 atom stereocenters. The molecule has 2 amide bonds. The molecule has 2 fully saturated rings. The van der Waals surface area contributed by atoms with Crippen molar-refractivity contribution in [3.8, 4) is 22.4 Å². The summed E-state index contributed by atoms with van der Waals surface area (Å²) in [5.74, 6) is -10.7. The van der Waals surface area contributed by atoms with Crippen LogP contribution in [-0.4, -0.2) is 136 Å². The number of ether oxygens (including phenoxy) is 3. The number of hydrogen-bond donors (Lipinski definition) is 4. The molecule has 2 aliphatic rings. The van der Waals surface area contributed by atoms with E-state index in [9.17, 15) is 73.7 Å². The lowest BCUT2D eigenvalue weighted by Gasteiger charge is -2.38. The number of carbonyl (C=O) groups is 3. The number of aliphatic hydroxyl groups excluding tert-OH is 1. The Balaban J connectivity index is 0.910. The van der Waals surface area contributed by atoms with Crippen molar-refractivity contribution in [1.29, 1.82) is 0 Å². The Labute approximate surface area is 535 Å². The third-order valence-electron chi connectivity index (χ3n) is 16.9. The molecule has 3 aromatic heterocycles. The number of amides is 2. The number of morpholine rings is 2. The van der Waals surface area contributed by atoms with Crippen LogP contribution in [0.4, 0.5) is 68.5 Å². The van der Waals surface area contributed by atoms with Gasteiger partial charge in [-0.1, -0.05) is 54.6 Å². The number of carbonyl (C=O) groups excluding carboxylic acids is 3. The first kappa shape index (κ1) is 69.4. The van der Waals surface area contributed by atoms with Gasteiger partial charge in [0.05, 0.1) is 61.4 Å². The van der Waals surface area contributed by atoms with E-state index in [1.807, 2.05) is 0 Å². The number of rotatable bonds is 17. The molecule has 5 aromatic carbocycles. The maximum absolute atomic E-state index is 16.0. The number of nitrogens with one attached hydrogen (secondary N) is 2. The molecule has 18 nitrogen and oxygen atoms in total. The van der Waals surface area contributed by atoms with E-state index in [1.165, 1.54) is 69.0 Å². The van der Waals surface area contributed by atoms with Gasteiger partial charge in [-0.05, 0) is 78.6 Å². The maximum Gasteiger partial charge on any atom is 0.417 e. The molecule has 0 saturated carbocycles. The first-order valence-electron chi connectivity index (χ1n) is 29.4. The standard InChI is InChI=1S/C65H57F13N8O10/c1-31-22-42(63(70,71)72)52(59(89)83(31)3)41-14-12-34(38-10-7-16-79-55(38)41)24-48(82-58(88)54-45(68)27-36(28-46(54)69)86-18-21-95-30-51(86)65(76,77)78)62(93)96-19-15-49-32(2)80-56(60(90)84(49)4)40-13-11-33(37-8-5-6-9-39(37)40)23-47(61(91)92)81-57(87)53-43(66)25-35(26-44(53)67)85-17-20-94-29-50(85)64(73,74)75/h5-14,16,22,25-28,47-48,50-51,61,91-92H,15,17-21,23-24,29-30H2,1-4H3,(H,81,87)(H,82,88)/t47-,48-,50+,51+/m0/s1. The molecular weight excluding hydrogens is 1300 g/mol. The number of fused-ring (bicyclic) bond motifs is 2. The Morgan fingerprint density at radius 1 is 0.656 bits per heavy atom. The van der Waals surface area contributed by atoms with Gasteiger partial charge in [0.2, 0.25) is 0 Å². The van der Waals surface area contributed by atoms with Crippen molar-refractivity contribution in [1.82, 2.24) is 29.7 Å². The Bertz CT molecular complexity index is 4440. The van der Waals surface area contributed by atoms with Crippen LogP contribution in [0.5, 0.6) is 0 Å². The summed E-state index contributed by atoms with van der Waals surface area (Å²) in [6, 6.07) is 9.23. The fourth-order valence-corrected chi connectivity index (χ4v) is 11.9. The Morgan fingerprint density at radius 2 is 1.18 bits per heavy atom. The van der Waals surface area contributed by atoms with Gasteiger partial charge in [-0.25, -0.2) is 27.3 Å². The molecule has 31 heteroatoms. The van der Waals surface area contributed by atoms with Crippen molar-refractivity contribution >= 4 is 50.8 Å². The average Bonchev–Trinajstić information content (AvgIpc) is 0.758. The topological polar surface area (TPSA) is 220 Å². The second-order valence-electron chi connectivity index (χ2n) is 22.8. The number of hydrogen-bond acceptors (Lipinski definition) is 14. The highest BCUT2D eigenvalue weighted by Crippen LogP contribution is 2.40. The zero-order valence-electron chi connectivity index (χ0n) is 51.0. The molecule has 0 spiro atoms. The van der Waals surface area contributed by atoms with Gasteiger partial charge >= 0.3 is 24.5 Å². The number of benzene rings is 5. The summed E-state index contributed by atoms with van der Waals surface area (Å²) in [5.41, 5.74) is -6.97. The predicted molar refractivity (Wildman–Crippen MR) is 321 cm³/mol. The SMILES string of the molecule is Cc1nc(-c2ccc(C[C@H](NC(=O)c3c(F)cc(N4CCOC[C@@H]4C(F)(F)F)cc3F)C(O)O)c3ccccc23)c(=O)n(C)c1CCOC(=O)[C@H](Cc1ccc(-c2c(C(F)(F)F)cc(C)n(C)c2=O)c2ncccc12)NC(=O)c1c(F)cc(N2CCOC[C@@H]2C(F)(F)F)cc1F. The lowest BCUT2D eigenvalue weighted by molar-refractivity contribution is -0.167. The molecule has 4 N–H and O–H groups in total. The van der Waals surface area contributed by atoms with Crippen LogP contribution in [0.2, 0.25) is 0 Å². The normalized spacial score (nSPS) is 16.3. The Kier molecular flexibility index (Phi) is 19.8. The number of pyridine rings is 2. The van der Waals surface area contributed by atoms with Crippen LogP contribution >= 0.6 is 0 Å². The Morgan fingerprint density at radius 3 is 1.72 bits per heavy atom. The molecule has 10 rings (SSSR count). The monoisotopic (exact) mass is 1360 g/mol. The number of aromatic nitrogens is 4. The van der Waals surface area contributed by atoms with E-state index in [0.717, 1.165) is 16.7 Å². The minimum absolute atomic E-state index is 0.0175. The molecule has 2 aliphatic heterocycles. The number of nitrogens with zero attached hydrogens (tertiary/aromatic N) is 6. The van der Waals surface area contributed by atoms with Crippen LogP contribution in [0.3, 0.4) is 0 Å². The van der Waals surface area contributed by atoms with Crippen molar-refractivity contribution in [2.75, 3.05) is 55.9 Å². The highest BCUT2D eigenvalue weighted by molar-refractivity contribution is 6.00. The van der Waals surface area contributed by atoms with E-state index in [1.54, 1.807) is 24.3 Å². The van der Waals surface area contributed by atoms with Gasteiger partial charge in [-0.3, -0.25) is 24.2 Å². The predicted octanol–water partition coefficient (Wildman–Crippen LogP) is 9.02. The zero-order valence-corrected chi connectivity index (χ0v) is 51.0. The number of alkyl halides is 9. The molecule has 8 aromatic rings. The first-order chi connectivity index (χ1) is 45.2. The van der Waals surface area contributed by atoms with E-state index in [2.05, 4.69) is 20.6 Å². The number of aliphatic hydroxyl groups is 2.